The number of nitrogens with one attached hydrogen (secondary N) is 1. The quantitative estimate of drug-likeness (QED) is 0.847. The van der Waals surface area contributed by atoms with E-state index >= 15 is 0 Å². The molecule has 2 aromatic rings. The summed E-state index contributed by atoms with van der Waals surface area (Å²) in [6.07, 6.45) is 0. The Morgan fingerprint density at radius 3 is 2.80 bits per heavy atom. The van der Waals surface area contributed by atoms with E-state index in [1.54, 1.807) is 7.11 Å². The van der Waals surface area contributed by atoms with E-state index in [-0.39, 0.29) is 0 Å². The Hall–Kier alpha value is -1.36. The van der Waals surface area contributed by atoms with E-state index in [0.29, 0.717) is 13.2 Å². The first-order valence-corrected chi connectivity index (χ1v) is 7.48. The lowest BCUT2D eigenvalue weighted by atomic mass is 10.2. The lowest BCUT2D eigenvalue weighted by Gasteiger charge is -2.06. The standard InChI is InChI=1S/C16H21NO2S/c1-12-14(8-16(20-12)9-17-2)11-19-10-13-5-4-6-15(7-13)18-3/h4-8,17H,9-11H2,1-3H3. The first-order valence-electron chi connectivity index (χ1n) is 6.66. The molecule has 1 aromatic heterocycles. The monoisotopic (exact) mass is 291 g/mol. The zero-order valence-electron chi connectivity index (χ0n) is 12.2. The minimum atomic E-state index is 0.605. The molecule has 0 amide bonds. The van der Waals surface area contributed by atoms with Gasteiger partial charge in [0.15, 0.2) is 0 Å². The molecule has 3 nitrogen and oxygen atoms in total. The second kappa shape index (κ2) is 7.43. The summed E-state index contributed by atoms with van der Waals surface area (Å²) in [5, 5.41) is 3.17. The summed E-state index contributed by atoms with van der Waals surface area (Å²) in [6.45, 7) is 4.33. The zero-order valence-corrected chi connectivity index (χ0v) is 13.0. The zero-order chi connectivity index (χ0) is 14.4. The third kappa shape index (κ3) is 4.07. The van der Waals surface area contributed by atoms with Gasteiger partial charge in [0.25, 0.3) is 0 Å². The lowest BCUT2D eigenvalue weighted by Crippen LogP contribution is -2.02. The van der Waals surface area contributed by atoms with Crippen LogP contribution >= 0.6 is 11.3 Å². The molecule has 108 valence electrons. The lowest BCUT2D eigenvalue weighted by molar-refractivity contribution is 0.107. The molecule has 1 heterocycles. The van der Waals surface area contributed by atoms with Gasteiger partial charge in [-0.1, -0.05) is 12.1 Å². The van der Waals surface area contributed by atoms with Gasteiger partial charge < -0.3 is 14.8 Å². The number of thiophene rings is 1. The van der Waals surface area contributed by atoms with Crippen LogP contribution in [0.2, 0.25) is 0 Å². The van der Waals surface area contributed by atoms with E-state index in [1.807, 2.05) is 36.6 Å². The van der Waals surface area contributed by atoms with Crippen LogP contribution in [-0.2, 0) is 24.5 Å². The maximum absolute atomic E-state index is 5.81. The highest BCUT2D eigenvalue weighted by molar-refractivity contribution is 7.12. The third-order valence-corrected chi connectivity index (χ3v) is 4.18. The molecular weight excluding hydrogens is 270 g/mol. The molecular formula is C16H21NO2S. The summed E-state index contributed by atoms with van der Waals surface area (Å²) in [5.41, 5.74) is 2.41. The van der Waals surface area contributed by atoms with Crippen molar-refractivity contribution in [1.29, 1.82) is 0 Å². The second-order valence-corrected chi connectivity index (χ2v) is 6.01. The largest absolute Gasteiger partial charge is 0.497 e. The fourth-order valence-electron chi connectivity index (χ4n) is 2.03. The van der Waals surface area contributed by atoms with E-state index < -0.39 is 0 Å². The molecule has 0 aliphatic heterocycles. The van der Waals surface area contributed by atoms with Crippen molar-refractivity contribution in [3.05, 3.63) is 51.2 Å². The molecule has 0 bridgehead atoms. The van der Waals surface area contributed by atoms with Crippen molar-refractivity contribution in [2.45, 2.75) is 26.7 Å². The molecule has 1 aromatic carbocycles. The number of aryl methyl sites for hydroxylation is 1. The molecule has 0 saturated carbocycles. The summed E-state index contributed by atoms with van der Waals surface area (Å²) < 4.78 is 11.0. The average molecular weight is 291 g/mol. The summed E-state index contributed by atoms with van der Waals surface area (Å²) >= 11 is 1.83. The Bertz CT molecular complexity index is 551. The molecule has 0 fully saturated rings. The predicted octanol–water partition coefficient (Wildman–Crippen LogP) is 3.50. The number of ether oxygens (including phenoxy) is 2. The van der Waals surface area contributed by atoms with Gasteiger partial charge in [0, 0.05) is 16.3 Å². The van der Waals surface area contributed by atoms with Crippen molar-refractivity contribution in [3.8, 4) is 5.75 Å². The number of hydrogen-bond donors (Lipinski definition) is 1. The van der Waals surface area contributed by atoms with Crippen LogP contribution in [0.3, 0.4) is 0 Å². The maximum Gasteiger partial charge on any atom is 0.119 e. The average Bonchev–Trinajstić information content (AvgIpc) is 2.80. The van der Waals surface area contributed by atoms with Crippen LogP contribution < -0.4 is 10.1 Å². The van der Waals surface area contributed by atoms with Crippen LogP contribution in [0.5, 0.6) is 5.75 Å². The molecule has 0 saturated heterocycles. The number of methoxy groups -OCH3 is 1. The van der Waals surface area contributed by atoms with E-state index in [9.17, 15) is 0 Å². The van der Waals surface area contributed by atoms with Gasteiger partial charge in [0.05, 0.1) is 20.3 Å². The van der Waals surface area contributed by atoms with Gasteiger partial charge in [-0.15, -0.1) is 11.3 Å². The van der Waals surface area contributed by atoms with E-state index in [0.717, 1.165) is 17.9 Å². The molecule has 2 rings (SSSR count). The molecule has 0 atom stereocenters. The molecule has 0 spiro atoms. The minimum Gasteiger partial charge on any atom is -0.497 e. The van der Waals surface area contributed by atoms with E-state index in [1.165, 1.54) is 15.3 Å². The van der Waals surface area contributed by atoms with Crippen molar-refractivity contribution in [3.63, 3.8) is 0 Å². The van der Waals surface area contributed by atoms with Crippen molar-refractivity contribution in [2.24, 2.45) is 0 Å². The topological polar surface area (TPSA) is 30.5 Å². The second-order valence-electron chi connectivity index (χ2n) is 4.67. The molecule has 4 heteroatoms. The van der Waals surface area contributed by atoms with Gasteiger partial charge in [0.1, 0.15) is 5.75 Å². The van der Waals surface area contributed by atoms with E-state index in [2.05, 4.69) is 24.4 Å². The van der Waals surface area contributed by atoms with Gasteiger partial charge >= 0.3 is 0 Å². The van der Waals surface area contributed by atoms with Crippen molar-refractivity contribution < 1.29 is 9.47 Å². The number of benzene rings is 1. The van der Waals surface area contributed by atoms with E-state index in [4.69, 9.17) is 9.47 Å². The van der Waals surface area contributed by atoms with Gasteiger partial charge in [-0.2, -0.15) is 0 Å². The SMILES string of the molecule is CNCc1cc(COCc2cccc(OC)c2)c(C)s1. The van der Waals surface area contributed by atoms with Gasteiger partial charge in [-0.3, -0.25) is 0 Å². The van der Waals surface area contributed by atoms with Crippen LogP contribution in [0, 0.1) is 6.92 Å². The Balaban J connectivity index is 1.89. The van der Waals surface area contributed by atoms with Crippen molar-refractivity contribution >= 4 is 11.3 Å². The molecule has 1 N–H and O–H groups in total. The Morgan fingerprint density at radius 1 is 1.20 bits per heavy atom. The first-order chi connectivity index (χ1) is 9.72. The predicted molar refractivity (Wildman–Crippen MR) is 83.3 cm³/mol. The smallest absolute Gasteiger partial charge is 0.119 e. The van der Waals surface area contributed by atoms with Gasteiger partial charge in [-0.25, -0.2) is 0 Å². The highest BCUT2D eigenvalue weighted by atomic mass is 32.1. The van der Waals surface area contributed by atoms with Crippen LogP contribution in [-0.4, -0.2) is 14.2 Å². The van der Waals surface area contributed by atoms with Crippen molar-refractivity contribution in [2.75, 3.05) is 14.2 Å². The molecule has 0 radical (unpaired) electrons. The first kappa shape index (κ1) is 15.0. The molecule has 20 heavy (non-hydrogen) atoms. The Labute approximate surface area is 124 Å². The van der Waals surface area contributed by atoms with Crippen molar-refractivity contribution in [1.82, 2.24) is 5.32 Å². The van der Waals surface area contributed by atoms with Gasteiger partial charge in [-0.05, 0) is 43.3 Å². The van der Waals surface area contributed by atoms with Crippen LogP contribution in [0.25, 0.3) is 0 Å². The normalized spacial score (nSPS) is 10.8. The summed E-state index contributed by atoms with van der Waals surface area (Å²) in [7, 11) is 3.64. The summed E-state index contributed by atoms with van der Waals surface area (Å²) in [4.78, 5) is 2.69. The number of rotatable bonds is 7. The molecule has 0 unspecified atom stereocenters. The van der Waals surface area contributed by atoms with Crippen LogP contribution in [0.4, 0.5) is 0 Å². The van der Waals surface area contributed by atoms with Crippen LogP contribution in [0.15, 0.2) is 30.3 Å². The maximum atomic E-state index is 5.81. The highest BCUT2D eigenvalue weighted by Gasteiger charge is 2.05. The molecule has 0 aliphatic rings. The number of hydrogen-bond acceptors (Lipinski definition) is 4. The minimum absolute atomic E-state index is 0.605. The Kier molecular flexibility index (Phi) is 5.59. The molecule has 0 aliphatic carbocycles. The fraction of sp³-hybridized carbons (Fsp3) is 0.375. The summed E-state index contributed by atoms with van der Waals surface area (Å²) in [5.74, 6) is 0.870. The fourth-order valence-corrected chi connectivity index (χ4v) is 3.09. The Morgan fingerprint density at radius 2 is 2.05 bits per heavy atom. The third-order valence-electron chi connectivity index (χ3n) is 3.08. The highest BCUT2D eigenvalue weighted by Crippen LogP contribution is 2.22. The van der Waals surface area contributed by atoms with Gasteiger partial charge in [0.2, 0.25) is 0 Å². The summed E-state index contributed by atoms with van der Waals surface area (Å²) in [6, 6.07) is 10.2. The van der Waals surface area contributed by atoms with Crippen LogP contribution in [0.1, 0.15) is 20.9 Å².